The lowest BCUT2D eigenvalue weighted by molar-refractivity contribution is -0.137. The number of carboxylic acid groups (broad SMARTS) is 2. The molecule has 2 aromatic heterocycles. The first-order valence-corrected chi connectivity index (χ1v) is 9.90. The molecule has 3 aromatic rings. The zero-order valence-corrected chi connectivity index (χ0v) is 18.2. The van der Waals surface area contributed by atoms with E-state index in [-0.39, 0.29) is 18.8 Å². The molecular formula is C21H25N7O5. The monoisotopic (exact) mass is 455 g/mol. The van der Waals surface area contributed by atoms with Crippen molar-refractivity contribution in [2.24, 2.45) is 0 Å². The standard InChI is InChI=1S/C20H23N7O3.CH2O2/c1-12-24-18(21)17-19(25-12)23-10-14(26-17)11-27(2)15-7-5-13(6-8-15)20(30)22-9-3-4-16(28)29;2-1-3/h5-8,10H,3-4,9,11H2,1-2H3,(H,22,30)(H,28,29)(H2,21,23,24,25);1H,(H,2,3). The third-order valence-electron chi connectivity index (χ3n) is 4.42. The highest BCUT2D eigenvalue weighted by molar-refractivity contribution is 5.94. The highest BCUT2D eigenvalue weighted by Crippen LogP contribution is 2.18. The maximum absolute atomic E-state index is 12.1. The summed E-state index contributed by atoms with van der Waals surface area (Å²) in [6.45, 7) is 2.30. The van der Waals surface area contributed by atoms with Crippen LogP contribution in [0.1, 0.15) is 34.7 Å². The molecule has 2 heterocycles. The summed E-state index contributed by atoms with van der Waals surface area (Å²) in [4.78, 5) is 50.2. The molecule has 3 rings (SSSR count). The molecule has 0 aliphatic heterocycles. The first-order chi connectivity index (χ1) is 15.7. The molecule has 174 valence electrons. The number of aliphatic carboxylic acids is 1. The van der Waals surface area contributed by atoms with Crippen molar-refractivity contribution in [2.45, 2.75) is 26.3 Å². The second kappa shape index (κ2) is 11.9. The average molecular weight is 455 g/mol. The summed E-state index contributed by atoms with van der Waals surface area (Å²) in [7, 11) is 1.90. The second-order valence-electron chi connectivity index (χ2n) is 6.95. The Hall–Kier alpha value is -4.35. The van der Waals surface area contributed by atoms with Crippen LogP contribution in [0.4, 0.5) is 11.5 Å². The van der Waals surface area contributed by atoms with Crippen molar-refractivity contribution in [1.82, 2.24) is 25.3 Å². The molecular weight excluding hydrogens is 430 g/mol. The van der Waals surface area contributed by atoms with Gasteiger partial charge in [-0.2, -0.15) is 0 Å². The molecule has 0 saturated heterocycles. The molecule has 1 amide bonds. The van der Waals surface area contributed by atoms with Crippen molar-refractivity contribution in [2.75, 3.05) is 24.2 Å². The van der Waals surface area contributed by atoms with Gasteiger partial charge in [0.15, 0.2) is 17.0 Å². The number of amides is 1. The molecule has 0 saturated carbocycles. The van der Waals surface area contributed by atoms with Crippen LogP contribution in [0, 0.1) is 6.92 Å². The summed E-state index contributed by atoms with van der Waals surface area (Å²) in [6.07, 6.45) is 2.08. The minimum Gasteiger partial charge on any atom is -0.483 e. The van der Waals surface area contributed by atoms with Crippen LogP contribution in [0.3, 0.4) is 0 Å². The summed E-state index contributed by atoms with van der Waals surface area (Å²) in [5, 5.41) is 18.2. The van der Waals surface area contributed by atoms with Gasteiger partial charge in [-0.15, -0.1) is 0 Å². The van der Waals surface area contributed by atoms with E-state index < -0.39 is 5.97 Å². The van der Waals surface area contributed by atoms with E-state index in [1.807, 2.05) is 24.1 Å². The van der Waals surface area contributed by atoms with Crippen molar-refractivity contribution in [3.8, 4) is 0 Å². The van der Waals surface area contributed by atoms with Gasteiger partial charge in [-0.1, -0.05) is 0 Å². The van der Waals surface area contributed by atoms with Crippen LogP contribution in [0.15, 0.2) is 30.5 Å². The van der Waals surface area contributed by atoms with Gasteiger partial charge in [-0.25, -0.2) is 19.9 Å². The maximum atomic E-state index is 12.1. The van der Waals surface area contributed by atoms with Gasteiger partial charge in [0.2, 0.25) is 0 Å². The highest BCUT2D eigenvalue weighted by atomic mass is 16.4. The predicted octanol–water partition coefficient (Wildman–Crippen LogP) is 1.24. The molecule has 33 heavy (non-hydrogen) atoms. The van der Waals surface area contributed by atoms with Crippen LogP contribution in [-0.2, 0) is 16.1 Å². The Bertz CT molecular complexity index is 1120. The fourth-order valence-corrected chi connectivity index (χ4v) is 2.90. The molecule has 0 radical (unpaired) electrons. The molecule has 0 bridgehead atoms. The largest absolute Gasteiger partial charge is 0.483 e. The van der Waals surface area contributed by atoms with Gasteiger partial charge in [-0.3, -0.25) is 14.4 Å². The summed E-state index contributed by atoms with van der Waals surface area (Å²) in [5.74, 6) is -0.266. The quantitative estimate of drug-likeness (QED) is 0.283. The minimum absolute atomic E-state index is 0.0268. The van der Waals surface area contributed by atoms with Crippen LogP contribution in [-0.4, -0.2) is 62.1 Å². The number of aromatic nitrogens is 4. The van der Waals surface area contributed by atoms with Crippen molar-refractivity contribution in [3.63, 3.8) is 0 Å². The SMILES string of the molecule is Cc1nc(N)c2nc(CN(C)c3ccc(C(=O)NCCCC(=O)O)cc3)cnc2n1.O=CO. The third-order valence-corrected chi connectivity index (χ3v) is 4.42. The molecule has 0 aliphatic rings. The average Bonchev–Trinajstić information content (AvgIpc) is 2.77. The van der Waals surface area contributed by atoms with E-state index in [0.717, 1.165) is 5.69 Å². The number of nitrogens with zero attached hydrogens (tertiary/aromatic N) is 5. The van der Waals surface area contributed by atoms with E-state index in [1.54, 1.807) is 25.3 Å². The number of rotatable bonds is 8. The topological polar surface area (TPSA) is 185 Å². The van der Waals surface area contributed by atoms with E-state index in [1.165, 1.54) is 0 Å². The van der Waals surface area contributed by atoms with Crippen molar-refractivity contribution in [1.29, 1.82) is 0 Å². The first kappa shape index (κ1) is 24.9. The van der Waals surface area contributed by atoms with Crippen LogP contribution >= 0.6 is 0 Å². The molecule has 5 N–H and O–H groups in total. The maximum Gasteiger partial charge on any atom is 0.303 e. The van der Waals surface area contributed by atoms with E-state index in [9.17, 15) is 9.59 Å². The number of nitrogens with two attached hydrogens (primary N) is 1. The minimum atomic E-state index is -0.877. The number of carbonyl (C=O) groups excluding carboxylic acids is 1. The Labute approximate surface area is 189 Å². The number of nitrogens with one attached hydrogen (secondary N) is 1. The van der Waals surface area contributed by atoms with Crippen LogP contribution < -0.4 is 16.0 Å². The highest BCUT2D eigenvalue weighted by Gasteiger charge is 2.11. The fraction of sp³-hybridized carbons (Fsp3) is 0.286. The fourth-order valence-electron chi connectivity index (χ4n) is 2.90. The predicted molar refractivity (Wildman–Crippen MR) is 121 cm³/mol. The number of anilines is 2. The lowest BCUT2D eigenvalue weighted by Gasteiger charge is -2.19. The number of carboxylic acids is 1. The number of nitrogen functional groups attached to an aromatic ring is 1. The van der Waals surface area contributed by atoms with Gasteiger partial charge in [0.1, 0.15) is 5.82 Å². The summed E-state index contributed by atoms with van der Waals surface area (Å²) in [5.41, 5.74) is 8.99. The van der Waals surface area contributed by atoms with Crippen molar-refractivity contribution in [3.05, 3.63) is 47.5 Å². The molecule has 1 aromatic carbocycles. The lowest BCUT2D eigenvalue weighted by atomic mass is 10.1. The van der Waals surface area contributed by atoms with E-state index in [2.05, 4.69) is 25.3 Å². The molecule has 0 spiro atoms. The number of hydrogen-bond donors (Lipinski definition) is 4. The number of aryl methyl sites for hydroxylation is 1. The first-order valence-electron chi connectivity index (χ1n) is 9.90. The van der Waals surface area contributed by atoms with Gasteiger partial charge in [0, 0.05) is 31.3 Å². The van der Waals surface area contributed by atoms with Gasteiger partial charge in [0.05, 0.1) is 18.4 Å². The molecule has 12 heteroatoms. The van der Waals surface area contributed by atoms with Gasteiger partial charge < -0.3 is 26.2 Å². The van der Waals surface area contributed by atoms with Crippen LogP contribution in [0.25, 0.3) is 11.2 Å². The van der Waals surface area contributed by atoms with Crippen LogP contribution in [0.5, 0.6) is 0 Å². The normalized spacial score (nSPS) is 10.1. The zero-order valence-electron chi connectivity index (χ0n) is 18.2. The Morgan fingerprint density at radius 3 is 2.48 bits per heavy atom. The second-order valence-corrected chi connectivity index (χ2v) is 6.95. The Morgan fingerprint density at radius 2 is 1.85 bits per heavy atom. The van der Waals surface area contributed by atoms with Crippen molar-refractivity contribution >= 4 is 41.0 Å². The number of fused-ring (bicyclic) bond motifs is 1. The van der Waals surface area contributed by atoms with Gasteiger partial charge >= 0.3 is 5.97 Å². The molecule has 0 atom stereocenters. The molecule has 0 unspecified atom stereocenters. The molecule has 0 aliphatic carbocycles. The Morgan fingerprint density at radius 1 is 1.18 bits per heavy atom. The van der Waals surface area contributed by atoms with Gasteiger partial charge in [0.25, 0.3) is 12.4 Å². The number of carbonyl (C=O) groups is 3. The number of hydrogen-bond acceptors (Lipinski definition) is 9. The zero-order chi connectivity index (χ0) is 24.4. The third kappa shape index (κ3) is 7.38. The number of benzene rings is 1. The van der Waals surface area contributed by atoms with E-state index in [4.69, 9.17) is 20.7 Å². The summed E-state index contributed by atoms with van der Waals surface area (Å²) >= 11 is 0. The molecule has 12 nitrogen and oxygen atoms in total. The Balaban J connectivity index is 0.00000122. The smallest absolute Gasteiger partial charge is 0.303 e. The van der Waals surface area contributed by atoms with E-state index in [0.29, 0.717) is 53.6 Å². The van der Waals surface area contributed by atoms with Crippen LogP contribution in [0.2, 0.25) is 0 Å². The molecule has 0 fully saturated rings. The van der Waals surface area contributed by atoms with Crippen molar-refractivity contribution < 1.29 is 24.6 Å². The lowest BCUT2D eigenvalue weighted by Crippen LogP contribution is -2.25. The van der Waals surface area contributed by atoms with E-state index >= 15 is 0 Å². The summed E-state index contributed by atoms with van der Waals surface area (Å²) < 4.78 is 0. The Kier molecular flexibility index (Phi) is 8.97. The van der Waals surface area contributed by atoms with Gasteiger partial charge in [-0.05, 0) is 37.6 Å². The summed E-state index contributed by atoms with van der Waals surface area (Å²) in [6, 6.07) is 7.11.